The summed E-state index contributed by atoms with van der Waals surface area (Å²) in [6.45, 7) is 2.40. The predicted octanol–water partition coefficient (Wildman–Crippen LogP) is 4.29. The second-order valence-electron chi connectivity index (χ2n) is 6.68. The number of alkyl halides is 3. The summed E-state index contributed by atoms with van der Waals surface area (Å²) in [5, 5.41) is -0.899. The molecule has 1 aliphatic heterocycles. The number of nitrogens with zero attached hydrogens (tertiary/aromatic N) is 3. The maximum absolute atomic E-state index is 12.9. The van der Waals surface area contributed by atoms with Crippen molar-refractivity contribution in [1.29, 1.82) is 0 Å². The monoisotopic (exact) mass is 421 g/mol. The molecule has 5 nitrogen and oxygen atoms in total. The van der Waals surface area contributed by atoms with E-state index in [0.717, 1.165) is 11.4 Å². The molecule has 1 aromatic heterocycles. The Labute approximate surface area is 169 Å². The third-order valence-electron chi connectivity index (χ3n) is 4.86. The molecule has 29 heavy (non-hydrogen) atoms. The van der Waals surface area contributed by atoms with Crippen molar-refractivity contribution in [1.82, 2.24) is 9.88 Å². The highest BCUT2D eigenvalue weighted by Gasteiger charge is 2.35. The van der Waals surface area contributed by atoms with Crippen molar-refractivity contribution >= 4 is 33.1 Å². The number of halogens is 3. The largest absolute Gasteiger partial charge is 0.497 e. The SMILES string of the molecule is COc1cccc(N2CCN(C(=O)c3ccc4nc(C(F)(F)F)sc4c3)CC2)c1. The molecular formula is C20H18F3N3O2S. The van der Waals surface area contributed by atoms with E-state index in [1.165, 1.54) is 12.1 Å². The van der Waals surface area contributed by atoms with Crippen molar-refractivity contribution in [2.75, 3.05) is 38.2 Å². The maximum atomic E-state index is 12.9. The Morgan fingerprint density at radius 1 is 1.10 bits per heavy atom. The van der Waals surface area contributed by atoms with Gasteiger partial charge in [-0.05, 0) is 30.3 Å². The normalized spacial score (nSPS) is 15.0. The minimum absolute atomic E-state index is 0.181. The maximum Gasteiger partial charge on any atom is 0.443 e. The van der Waals surface area contributed by atoms with Crippen molar-refractivity contribution in [3.05, 3.63) is 53.0 Å². The first-order valence-electron chi connectivity index (χ1n) is 9.01. The number of hydrogen-bond acceptors (Lipinski definition) is 5. The number of ether oxygens (including phenoxy) is 1. The van der Waals surface area contributed by atoms with Crippen LogP contribution in [-0.4, -0.2) is 49.1 Å². The minimum Gasteiger partial charge on any atom is -0.497 e. The van der Waals surface area contributed by atoms with Crippen molar-refractivity contribution in [3.63, 3.8) is 0 Å². The number of anilines is 1. The fraction of sp³-hybridized carbons (Fsp3) is 0.300. The number of carbonyl (C=O) groups is 1. The summed E-state index contributed by atoms with van der Waals surface area (Å²) in [7, 11) is 1.62. The number of hydrogen-bond donors (Lipinski definition) is 0. The van der Waals surface area contributed by atoms with Gasteiger partial charge in [-0.25, -0.2) is 4.98 Å². The number of amides is 1. The van der Waals surface area contributed by atoms with Gasteiger partial charge in [-0.15, -0.1) is 11.3 Å². The second-order valence-corrected chi connectivity index (χ2v) is 7.71. The predicted molar refractivity (Wildman–Crippen MR) is 106 cm³/mol. The first kappa shape index (κ1) is 19.5. The molecular weight excluding hydrogens is 403 g/mol. The summed E-state index contributed by atoms with van der Waals surface area (Å²) in [5.41, 5.74) is 1.66. The lowest BCUT2D eigenvalue weighted by Crippen LogP contribution is -2.48. The molecule has 0 N–H and O–H groups in total. The average Bonchev–Trinajstić information content (AvgIpc) is 3.17. The van der Waals surface area contributed by atoms with Crippen molar-refractivity contribution in [2.45, 2.75) is 6.18 Å². The van der Waals surface area contributed by atoms with Crippen LogP contribution in [0.25, 0.3) is 10.2 Å². The highest BCUT2D eigenvalue weighted by molar-refractivity contribution is 7.18. The van der Waals surface area contributed by atoms with Crippen LogP contribution < -0.4 is 9.64 Å². The van der Waals surface area contributed by atoms with E-state index < -0.39 is 11.2 Å². The quantitative estimate of drug-likeness (QED) is 0.633. The van der Waals surface area contributed by atoms with Crippen molar-refractivity contribution in [2.24, 2.45) is 0 Å². The Morgan fingerprint density at radius 3 is 2.55 bits per heavy atom. The number of carbonyl (C=O) groups excluding carboxylic acids is 1. The molecule has 0 bridgehead atoms. The molecule has 152 valence electrons. The molecule has 9 heteroatoms. The second kappa shape index (κ2) is 7.55. The van der Waals surface area contributed by atoms with Crippen LogP contribution in [-0.2, 0) is 6.18 Å². The van der Waals surface area contributed by atoms with E-state index in [2.05, 4.69) is 9.88 Å². The molecule has 1 aliphatic rings. The summed E-state index contributed by atoms with van der Waals surface area (Å²) in [5.74, 6) is 0.594. The first-order valence-corrected chi connectivity index (χ1v) is 9.83. The van der Waals surface area contributed by atoms with Crippen LogP contribution >= 0.6 is 11.3 Å². The van der Waals surface area contributed by atoms with Crippen LogP contribution in [0.15, 0.2) is 42.5 Å². The van der Waals surface area contributed by atoms with Crippen molar-refractivity contribution in [3.8, 4) is 5.75 Å². The van der Waals surface area contributed by atoms with Gasteiger partial charge in [0.15, 0.2) is 5.01 Å². The Balaban J connectivity index is 1.46. The number of thiazole rings is 1. The van der Waals surface area contributed by atoms with E-state index in [9.17, 15) is 18.0 Å². The van der Waals surface area contributed by atoms with Crippen LogP contribution in [0.1, 0.15) is 15.4 Å². The Kier molecular flexibility index (Phi) is 5.08. The van der Waals surface area contributed by atoms with Gasteiger partial charge < -0.3 is 14.5 Å². The van der Waals surface area contributed by atoms with Gasteiger partial charge in [0.25, 0.3) is 5.91 Å². The summed E-state index contributed by atoms with van der Waals surface area (Å²) in [6.07, 6.45) is -4.48. The van der Waals surface area contributed by atoms with Crippen LogP contribution in [0.3, 0.4) is 0 Å². The van der Waals surface area contributed by atoms with E-state index >= 15 is 0 Å². The Morgan fingerprint density at radius 2 is 1.86 bits per heavy atom. The molecule has 1 saturated heterocycles. The van der Waals surface area contributed by atoms with Crippen molar-refractivity contribution < 1.29 is 22.7 Å². The topological polar surface area (TPSA) is 45.7 Å². The molecule has 0 atom stereocenters. The lowest BCUT2D eigenvalue weighted by atomic mass is 10.1. The Bertz CT molecular complexity index is 1040. The van der Waals surface area contributed by atoms with Gasteiger partial charge in [0.2, 0.25) is 0 Å². The summed E-state index contributed by atoms with van der Waals surface area (Å²) < 4.78 is 44.2. The summed E-state index contributed by atoms with van der Waals surface area (Å²) >= 11 is 0.557. The molecule has 0 unspecified atom stereocenters. The third kappa shape index (κ3) is 4.00. The van der Waals surface area contributed by atoms with E-state index in [4.69, 9.17) is 4.74 Å². The number of piperazine rings is 1. The average molecular weight is 421 g/mol. The van der Waals surface area contributed by atoms with E-state index in [-0.39, 0.29) is 11.4 Å². The molecule has 1 fully saturated rings. The van der Waals surface area contributed by atoms with E-state index in [1.54, 1.807) is 18.1 Å². The van der Waals surface area contributed by atoms with E-state index in [0.29, 0.717) is 47.8 Å². The zero-order valence-electron chi connectivity index (χ0n) is 15.6. The number of aromatic nitrogens is 1. The molecule has 1 amide bonds. The fourth-order valence-corrected chi connectivity index (χ4v) is 4.21. The van der Waals surface area contributed by atoms with Gasteiger partial charge in [0.1, 0.15) is 5.75 Å². The number of benzene rings is 2. The van der Waals surface area contributed by atoms with Crippen LogP contribution in [0.5, 0.6) is 5.75 Å². The van der Waals surface area contributed by atoms with Gasteiger partial charge >= 0.3 is 6.18 Å². The minimum atomic E-state index is -4.48. The van der Waals surface area contributed by atoms with Gasteiger partial charge in [0.05, 0.1) is 17.3 Å². The third-order valence-corrected chi connectivity index (χ3v) is 5.93. The lowest BCUT2D eigenvalue weighted by Gasteiger charge is -2.36. The standard InChI is InChI=1S/C20H18F3N3O2S/c1-28-15-4-2-3-14(12-15)25-7-9-26(10-8-25)18(27)13-5-6-16-17(11-13)29-19(24-16)20(21,22)23/h2-6,11-12H,7-10H2,1H3. The molecule has 2 aromatic carbocycles. The Hall–Kier alpha value is -2.81. The number of rotatable bonds is 3. The number of fused-ring (bicyclic) bond motifs is 1. The lowest BCUT2D eigenvalue weighted by molar-refractivity contribution is -0.137. The zero-order valence-corrected chi connectivity index (χ0v) is 16.4. The first-order chi connectivity index (χ1) is 13.8. The molecule has 2 heterocycles. The number of methoxy groups -OCH3 is 1. The molecule has 0 spiro atoms. The zero-order chi connectivity index (χ0) is 20.6. The van der Waals surface area contributed by atoms with E-state index in [1.807, 2.05) is 24.3 Å². The molecule has 0 aliphatic carbocycles. The van der Waals surface area contributed by atoms with Crippen LogP contribution in [0.2, 0.25) is 0 Å². The smallest absolute Gasteiger partial charge is 0.443 e. The van der Waals surface area contributed by atoms with Gasteiger partial charge in [-0.1, -0.05) is 6.07 Å². The summed E-state index contributed by atoms with van der Waals surface area (Å²) in [4.78, 5) is 20.3. The molecule has 3 aromatic rings. The highest BCUT2D eigenvalue weighted by atomic mass is 32.1. The fourth-order valence-electron chi connectivity index (χ4n) is 3.34. The summed E-state index contributed by atoms with van der Waals surface area (Å²) in [6, 6.07) is 12.3. The van der Waals surface area contributed by atoms with Gasteiger partial charge in [-0.3, -0.25) is 4.79 Å². The van der Waals surface area contributed by atoms with Crippen LogP contribution in [0, 0.1) is 0 Å². The highest BCUT2D eigenvalue weighted by Crippen LogP contribution is 2.35. The van der Waals surface area contributed by atoms with Gasteiger partial charge in [-0.2, -0.15) is 13.2 Å². The van der Waals surface area contributed by atoms with Crippen LogP contribution in [0.4, 0.5) is 18.9 Å². The molecule has 0 radical (unpaired) electrons. The molecule has 0 saturated carbocycles. The van der Waals surface area contributed by atoms with Gasteiger partial charge in [0, 0.05) is 43.5 Å². The molecule has 4 rings (SSSR count).